The van der Waals surface area contributed by atoms with Gasteiger partial charge in [-0.2, -0.15) is 0 Å². The van der Waals surface area contributed by atoms with Gasteiger partial charge in [0.2, 0.25) is 11.8 Å². The van der Waals surface area contributed by atoms with Gasteiger partial charge in [-0.05, 0) is 25.5 Å². The van der Waals surface area contributed by atoms with Crippen LogP contribution in [-0.2, 0) is 16.1 Å². The van der Waals surface area contributed by atoms with E-state index in [2.05, 4.69) is 5.32 Å². The zero-order valence-electron chi connectivity index (χ0n) is 11.3. The molecule has 0 aliphatic carbocycles. The third-order valence-corrected chi connectivity index (χ3v) is 3.47. The van der Waals surface area contributed by atoms with Gasteiger partial charge >= 0.3 is 0 Å². The van der Waals surface area contributed by atoms with Crippen molar-refractivity contribution in [3.8, 4) is 0 Å². The Bertz CT molecular complexity index is 528. The van der Waals surface area contributed by atoms with Crippen molar-refractivity contribution in [2.75, 3.05) is 0 Å². The molecule has 0 radical (unpaired) electrons. The third-order valence-electron chi connectivity index (χ3n) is 3.47. The summed E-state index contributed by atoms with van der Waals surface area (Å²) in [5.74, 6) is -2.06. The first-order chi connectivity index (χ1) is 9.45. The number of nitrogens with one attached hydrogen (secondary N) is 1. The smallest absolute Gasteiger partial charge is 0.245 e. The summed E-state index contributed by atoms with van der Waals surface area (Å²) in [5.41, 5.74) is -0.193. The van der Waals surface area contributed by atoms with Crippen LogP contribution in [0.5, 0.6) is 0 Å². The van der Waals surface area contributed by atoms with Crippen LogP contribution in [0.15, 0.2) is 18.2 Å². The largest absolute Gasteiger partial charge is 0.343 e. The lowest BCUT2D eigenvalue weighted by Gasteiger charge is -2.37. The van der Waals surface area contributed by atoms with Crippen molar-refractivity contribution in [1.29, 1.82) is 0 Å². The van der Waals surface area contributed by atoms with Crippen molar-refractivity contribution in [3.05, 3.63) is 35.4 Å². The SMILES string of the molecule is CCC1C(=O)NC(C)C(=O)N1Cc1c(F)cccc1F. The molecular formula is C14H16F2N2O2. The minimum Gasteiger partial charge on any atom is -0.343 e. The van der Waals surface area contributed by atoms with Gasteiger partial charge in [-0.3, -0.25) is 9.59 Å². The topological polar surface area (TPSA) is 49.4 Å². The predicted molar refractivity (Wildman–Crippen MR) is 68.6 cm³/mol. The van der Waals surface area contributed by atoms with Crippen LogP contribution < -0.4 is 5.32 Å². The van der Waals surface area contributed by atoms with E-state index in [4.69, 9.17) is 0 Å². The van der Waals surface area contributed by atoms with Crippen LogP contribution in [0.3, 0.4) is 0 Å². The quantitative estimate of drug-likeness (QED) is 0.915. The summed E-state index contributed by atoms with van der Waals surface area (Å²) in [5, 5.41) is 2.56. The summed E-state index contributed by atoms with van der Waals surface area (Å²) >= 11 is 0. The number of halogens is 2. The Kier molecular flexibility index (Phi) is 4.01. The lowest BCUT2D eigenvalue weighted by Crippen LogP contribution is -2.61. The maximum Gasteiger partial charge on any atom is 0.245 e. The van der Waals surface area contributed by atoms with E-state index < -0.39 is 23.7 Å². The lowest BCUT2D eigenvalue weighted by atomic mass is 10.0. The number of rotatable bonds is 3. The van der Waals surface area contributed by atoms with Crippen molar-refractivity contribution in [2.45, 2.75) is 38.9 Å². The molecule has 0 saturated carbocycles. The lowest BCUT2D eigenvalue weighted by molar-refractivity contribution is -0.149. The summed E-state index contributed by atoms with van der Waals surface area (Å²) in [4.78, 5) is 25.2. The summed E-state index contributed by atoms with van der Waals surface area (Å²) in [7, 11) is 0. The molecule has 2 atom stereocenters. The van der Waals surface area contributed by atoms with E-state index in [1.54, 1.807) is 13.8 Å². The Morgan fingerprint density at radius 2 is 1.85 bits per heavy atom. The molecule has 0 bridgehead atoms. The number of nitrogens with zero attached hydrogens (tertiary/aromatic N) is 1. The van der Waals surface area contributed by atoms with Crippen molar-refractivity contribution in [3.63, 3.8) is 0 Å². The number of benzene rings is 1. The molecule has 1 aromatic carbocycles. The van der Waals surface area contributed by atoms with Gasteiger partial charge in [-0.1, -0.05) is 13.0 Å². The fraction of sp³-hybridized carbons (Fsp3) is 0.429. The van der Waals surface area contributed by atoms with E-state index >= 15 is 0 Å². The molecule has 1 aliphatic heterocycles. The van der Waals surface area contributed by atoms with Gasteiger partial charge in [-0.15, -0.1) is 0 Å². The van der Waals surface area contributed by atoms with Gasteiger partial charge in [0.05, 0.1) is 6.54 Å². The van der Waals surface area contributed by atoms with Crippen LogP contribution in [0.2, 0.25) is 0 Å². The van der Waals surface area contributed by atoms with Gasteiger partial charge in [0, 0.05) is 5.56 Å². The minimum atomic E-state index is -0.716. The van der Waals surface area contributed by atoms with Gasteiger partial charge in [0.25, 0.3) is 0 Å². The van der Waals surface area contributed by atoms with Gasteiger partial charge in [0.15, 0.2) is 0 Å². The van der Waals surface area contributed by atoms with Crippen LogP contribution in [0, 0.1) is 11.6 Å². The normalized spacial score (nSPS) is 22.9. The molecule has 2 unspecified atom stereocenters. The molecule has 1 heterocycles. The Morgan fingerprint density at radius 1 is 1.25 bits per heavy atom. The Labute approximate surface area is 115 Å². The average molecular weight is 282 g/mol. The number of carbonyl (C=O) groups is 2. The molecule has 1 saturated heterocycles. The molecule has 108 valence electrons. The van der Waals surface area contributed by atoms with Gasteiger partial charge in [0.1, 0.15) is 23.7 Å². The number of amides is 2. The van der Waals surface area contributed by atoms with E-state index in [1.807, 2.05) is 0 Å². The van der Waals surface area contributed by atoms with Crippen molar-refractivity contribution >= 4 is 11.8 Å². The molecule has 0 aromatic heterocycles. The summed E-state index contributed by atoms with van der Waals surface area (Å²) in [6, 6.07) is 2.16. The molecule has 1 N–H and O–H groups in total. The summed E-state index contributed by atoms with van der Waals surface area (Å²) in [6.45, 7) is 3.06. The van der Waals surface area contributed by atoms with Crippen LogP contribution in [0.1, 0.15) is 25.8 Å². The highest BCUT2D eigenvalue weighted by molar-refractivity contribution is 5.96. The van der Waals surface area contributed by atoms with E-state index in [1.165, 1.54) is 11.0 Å². The molecule has 0 spiro atoms. The number of carbonyl (C=O) groups excluding carboxylic acids is 2. The third kappa shape index (κ3) is 2.50. The second-order valence-electron chi connectivity index (χ2n) is 4.82. The second-order valence-corrected chi connectivity index (χ2v) is 4.82. The molecular weight excluding hydrogens is 266 g/mol. The van der Waals surface area contributed by atoms with E-state index in [9.17, 15) is 18.4 Å². The molecule has 1 aromatic rings. The monoisotopic (exact) mass is 282 g/mol. The van der Waals surface area contributed by atoms with Crippen molar-refractivity contribution in [1.82, 2.24) is 10.2 Å². The fourth-order valence-corrected chi connectivity index (χ4v) is 2.36. The predicted octanol–water partition coefficient (Wildman–Crippen LogP) is 1.59. The number of piperazine rings is 1. The first kappa shape index (κ1) is 14.4. The maximum absolute atomic E-state index is 13.7. The fourth-order valence-electron chi connectivity index (χ4n) is 2.36. The first-order valence-electron chi connectivity index (χ1n) is 6.49. The standard InChI is InChI=1S/C14H16F2N2O2/c1-3-12-13(19)17-8(2)14(20)18(12)7-9-10(15)5-4-6-11(9)16/h4-6,8,12H,3,7H2,1-2H3,(H,17,19). The number of hydrogen-bond acceptors (Lipinski definition) is 2. The highest BCUT2D eigenvalue weighted by atomic mass is 19.1. The molecule has 2 amide bonds. The first-order valence-corrected chi connectivity index (χ1v) is 6.49. The minimum absolute atomic E-state index is 0.193. The molecule has 6 heteroatoms. The summed E-state index contributed by atoms with van der Waals surface area (Å²) in [6.07, 6.45) is 0.389. The second kappa shape index (κ2) is 5.56. The molecule has 20 heavy (non-hydrogen) atoms. The molecule has 1 aliphatic rings. The Balaban J connectivity index is 2.33. The van der Waals surface area contributed by atoms with Crippen LogP contribution >= 0.6 is 0 Å². The zero-order valence-corrected chi connectivity index (χ0v) is 11.3. The van der Waals surface area contributed by atoms with Gasteiger partial charge in [-0.25, -0.2) is 8.78 Å². The maximum atomic E-state index is 13.7. The average Bonchev–Trinajstić information content (AvgIpc) is 2.39. The highest BCUT2D eigenvalue weighted by Crippen LogP contribution is 2.20. The van der Waals surface area contributed by atoms with E-state index in [0.717, 1.165) is 12.1 Å². The Morgan fingerprint density at radius 3 is 2.40 bits per heavy atom. The number of hydrogen-bond donors (Lipinski definition) is 1. The molecule has 1 fully saturated rings. The Hall–Kier alpha value is -1.98. The van der Waals surface area contributed by atoms with Crippen LogP contribution in [0.25, 0.3) is 0 Å². The van der Waals surface area contributed by atoms with Crippen molar-refractivity contribution < 1.29 is 18.4 Å². The molecule has 4 nitrogen and oxygen atoms in total. The van der Waals surface area contributed by atoms with Crippen molar-refractivity contribution in [2.24, 2.45) is 0 Å². The van der Waals surface area contributed by atoms with Gasteiger partial charge < -0.3 is 10.2 Å². The highest BCUT2D eigenvalue weighted by Gasteiger charge is 2.38. The van der Waals surface area contributed by atoms with Crippen LogP contribution in [0.4, 0.5) is 8.78 Å². The van der Waals surface area contributed by atoms with E-state index in [-0.39, 0.29) is 23.9 Å². The summed E-state index contributed by atoms with van der Waals surface area (Å²) < 4.78 is 27.4. The zero-order chi connectivity index (χ0) is 14.9. The van der Waals surface area contributed by atoms with Crippen LogP contribution in [-0.4, -0.2) is 28.8 Å². The van der Waals surface area contributed by atoms with E-state index in [0.29, 0.717) is 6.42 Å². The molecule has 2 rings (SSSR count).